The highest BCUT2D eigenvalue weighted by Gasteiger charge is 2.31. The number of alkyl halides is 3. The summed E-state index contributed by atoms with van der Waals surface area (Å²) < 4.78 is 40.7. The number of benzene rings is 2. The zero-order valence-electron chi connectivity index (χ0n) is 33.1. The molecule has 2 atom stereocenters. The number of nitrogens with zero attached hydrogens (tertiary/aromatic N) is 1. The van der Waals surface area contributed by atoms with Crippen molar-refractivity contribution >= 4 is 23.8 Å². The number of aryl methyl sites for hydroxylation is 1. The third-order valence-electron chi connectivity index (χ3n) is 9.02. The average Bonchev–Trinajstić information content (AvgIpc) is 3.07. The molecule has 2 aromatic carbocycles. The van der Waals surface area contributed by atoms with Crippen LogP contribution >= 0.6 is 0 Å². The fourth-order valence-corrected chi connectivity index (χ4v) is 6.25. The van der Waals surface area contributed by atoms with Crippen LogP contribution in [0.15, 0.2) is 36.4 Å². The third-order valence-corrected chi connectivity index (χ3v) is 9.02. The van der Waals surface area contributed by atoms with Gasteiger partial charge in [0.25, 0.3) is 5.91 Å². The molecule has 0 radical (unpaired) electrons. The second kappa shape index (κ2) is 24.9. The number of carbonyl (C=O) groups is 2. The lowest BCUT2D eigenvalue weighted by Gasteiger charge is -2.21. The van der Waals surface area contributed by atoms with E-state index in [1.807, 2.05) is 13.8 Å². The summed E-state index contributed by atoms with van der Waals surface area (Å²) >= 11 is 0. The van der Waals surface area contributed by atoms with Gasteiger partial charge in [0.2, 0.25) is 0 Å². The summed E-state index contributed by atoms with van der Waals surface area (Å²) in [6, 6.07) is 9.54. The second-order valence-corrected chi connectivity index (χ2v) is 14.2. The van der Waals surface area contributed by atoms with E-state index in [4.69, 9.17) is 0 Å². The van der Waals surface area contributed by atoms with E-state index in [9.17, 15) is 22.8 Å². The van der Waals surface area contributed by atoms with E-state index in [0.29, 0.717) is 18.4 Å². The van der Waals surface area contributed by atoms with Crippen LogP contribution in [0.3, 0.4) is 0 Å². The first-order valence-electron chi connectivity index (χ1n) is 19.4. The van der Waals surface area contributed by atoms with Crippen LogP contribution in [0, 0.1) is 24.7 Å². The van der Waals surface area contributed by atoms with Crippen LogP contribution in [0.4, 0.5) is 13.2 Å². The summed E-state index contributed by atoms with van der Waals surface area (Å²) in [5.41, 5.74) is 2.12. The van der Waals surface area contributed by atoms with Crippen molar-refractivity contribution in [2.45, 2.75) is 133 Å². The number of hydrogen-bond acceptors (Lipinski definition) is 4. The maximum Gasteiger partial charge on any atom is 0.573 e. The minimum absolute atomic E-state index is 0.0432. The van der Waals surface area contributed by atoms with E-state index < -0.39 is 6.36 Å². The van der Waals surface area contributed by atoms with Gasteiger partial charge in [0.05, 0.1) is 0 Å². The Kier molecular flexibility index (Phi) is 22.5. The molecule has 288 valence electrons. The van der Waals surface area contributed by atoms with E-state index in [2.05, 4.69) is 87.7 Å². The normalized spacial score (nSPS) is 13.6. The van der Waals surface area contributed by atoms with Gasteiger partial charge in [-0.15, -0.1) is 13.2 Å². The van der Waals surface area contributed by atoms with Gasteiger partial charge in [0.15, 0.2) is 5.78 Å². The lowest BCUT2D eigenvalue weighted by molar-refractivity contribution is -0.274. The Labute approximate surface area is 307 Å². The number of carbonyl (C=O) groups excluding carboxylic acids is 2. The SMILES string of the molecule is CC/C=c1/cc(C(=O)NCCN(CCC)CCC)c(C)c/c1=C\CC(C)C.CCCC(CC)CCCC(C)C(=O)c1cccc(OC(F)(F)F)c1. The predicted octanol–water partition coefficient (Wildman–Crippen LogP) is 10.3. The van der Waals surface area contributed by atoms with Gasteiger partial charge in [-0.2, -0.15) is 0 Å². The Morgan fingerprint density at radius 2 is 1.53 bits per heavy atom. The van der Waals surface area contributed by atoms with E-state index >= 15 is 0 Å². The summed E-state index contributed by atoms with van der Waals surface area (Å²) in [4.78, 5) is 27.6. The quantitative estimate of drug-likeness (QED) is 0.131. The van der Waals surface area contributed by atoms with Gasteiger partial charge in [-0.3, -0.25) is 9.59 Å². The molecule has 5 nitrogen and oxygen atoms in total. The lowest BCUT2D eigenvalue weighted by atomic mass is 9.89. The Balaban J connectivity index is 0.000000514. The van der Waals surface area contributed by atoms with Crippen molar-refractivity contribution < 1.29 is 27.5 Å². The van der Waals surface area contributed by atoms with E-state index in [-0.39, 0.29) is 28.9 Å². The fourth-order valence-electron chi connectivity index (χ4n) is 6.25. The van der Waals surface area contributed by atoms with Crippen LogP contribution in [-0.2, 0) is 0 Å². The predicted molar refractivity (Wildman–Crippen MR) is 208 cm³/mol. The number of hydrogen-bond donors (Lipinski definition) is 1. The van der Waals surface area contributed by atoms with Crippen molar-refractivity contribution in [1.29, 1.82) is 0 Å². The molecule has 0 spiro atoms. The van der Waals surface area contributed by atoms with Crippen LogP contribution in [-0.4, -0.2) is 49.1 Å². The Hall–Kier alpha value is -3.13. The summed E-state index contributed by atoms with van der Waals surface area (Å²) in [5.74, 6) is 0.686. The molecule has 0 aromatic heterocycles. The molecule has 2 rings (SSSR count). The minimum Gasteiger partial charge on any atom is -0.406 e. The van der Waals surface area contributed by atoms with Crippen LogP contribution in [0.25, 0.3) is 12.2 Å². The molecule has 8 heteroatoms. The van der Waals surface area contributed by atoms with Crippen molar-refractivity contribution in [3.05, 3.63) is 63.5 Å². The molecule has 0 aliphatic heterocycles. The first kappa shape index (κ1) is 45.9. The summed E-state index contributed by atoms with van der Waals surface area (Å²) in [6.45, 7) is 23.0. The highest BCUT2D eigenvalue weighted by atomic mass is 19.4. The van der Waals surface area contributed by atoms with Gasteiger partial charge >= 0.3 is 6.36 Å². The monoisotopic (exact) mass is 717 g/mol. The van der Waals surface area contributed by atoms with Crippen molar-refractivity contribution in [3.8, 4) is 5.75 Å². The Morgan fingerprint density at radius 1 is 0.863 bits per heavy atom. The molecule has 1 amide bonds. The second-order valence-electron chi connectivity index (χ2n) is 14.2. The number of ether oxygens (including phenoxy) is 1. The maximum atomic E-state index is 12.7. The topological polar surface area (TPSA) is 58.6 Å². The summed E-state index contributed by atoms with van der Waals surface area (Å²) in [5, 5.41) is 5.54. The molecule has 2 aromatic rings. The van der Waals surface area contributed by atoms with Gasteiger partial charge < -0.3 is 15.0 Å². The van der Waals surface area contributed by atoms with Gasteiger partial charge in [0.1, 0.15) is 5.75 Å². The molecule has 51 heavy (non-hydrogen) atoms. The fraction of sp³-hybridized carbons (Fsp3) is 0.628. The first-order valence-corrected chi connectivity index (χ1v) is 19.4. The molecule has 1 N–H and O–H groups in total. The molecule has 0 saturated heterocycles. The lowest BCUT2D eigenvalue weighted by Crippen LogP contribution is -2.37. The third kappa shape index (κ3) is 18.8. The molecule has 0 heterocycles. The molecule has 0 bridgehead atoms. The number of Topliss-reactive ketones (excluding diaryl/α,β-unsaturated/α-hetero) is 1. The van der Waals surface area contributed by atoms with E-state index in [1.165, 1.54) is 41.5 Å². The Bertz CT molecular complexity index is 1410. The van der Waals surface area contributed by atoms with Crippen molar-refractivity contribution in [2.75, 3.05) is 26.2 Å². The number of ketones is 1. The van der Waals surface area contributed by atoms with Crippen LogP contribution in [0.2, 0.25) is 0 Å². The molecule has 0 saturated carbocycles. The molecular formula is C43H67F3N2O3. The molecular weight excluding hydrogens is 649 g/mol. The number of rotatable bonds is 21. The highest BCUT2D eigenvalue weighted by molar-refractivity contribution is 5.98. The standard InChI is InChI=1S/C24H40N2O.C19H27F3O2/c1-7-10-21-18-23(20(6)17-22(21)12-11-19(4)5)24(27)25-13-16-26(14-8-2)15-9-3;1-4-8-15(5-2)10-6-9-14(3)18(23)16-11-7-12-17(13-16)24-19(20,21)22/h10,12,17-19H,7-9,11,13-16H2,1-6H3,(H,25,27);7,11-15H,4-6,8-10H2,1-3H3/b21-10-,22-12+;. The zero-order chi connectivity index (χ0) is 38.4. The largest absolute Gasteiger partial charge is 0.573 e. The van der Waals surface area contributed by atoms with Crippen molar-refractivity contribution in [3.63, 3.8) is 0 Å². The summed E-state index contributed by atoms with van der Waals surface area (Å²) in [7, 11) is 0. The zero-order valence-corrected chi connectivity index (χ0v) is 33.1. The molecule has 2 unspecified atom stereocenters. The van der Waals surface area contributed by atoms with Crippen molar-refractivity contribution in [2.24, 2.45) is 17.8 Å². The van der Waals surface area contributed by atoms with Gasteiger partial charge in [-0.1, -0.05) is 118 Å². The number of amides is 1. The van der Waals surface area contributed by atoms with Crippen molar-refractivity contribution in [1.82, 2.24) is 10.2 Å². The van der Waals surface area contributed by atoms with Gasteiger partial charge in [-0.05, 0) is 98.2 Å². The maximum absolute atomic E-state index is 12.7. The minimum atomic E-state index is -4.75. The number of nitrogens with one attached hydrogen (secondary N) is 1. The Morgan fingerprint density at radius 3 is 2.10 bits per heavy atom. The summed E-state index contributed by atoms with van der Waals surface area (Å²) in [6.07, 6.45) is 10.4. The first-order chi connectivity index (χ1) is 24.2. The van der Waals surface area contributed by atoms with Crippen LogP contribution in [0.5, 0.6) is 5.75 Å². The molecule has 0 fully saturated rings. The molecule has 0 aliphatic carbocycles. The average molecular weight is 717 g/mol. The van der Waals surface area contributed by atoms with E-state index in [1.54, 1.807) is 0 Å². The van der Waals surface area contributed by atoms with Crippen LogP contribution in [0.1, 0.15) is 146 Å². The van der Waals surface area contributed by atoms with Crippen LogP contribution < -0.4 is 20.5 Å². The van der Waals surface area contributed by atoms with Gasteiger partial charge in [-0.25, -0.2) is 0 Å². The van der Waals surface area contributed by atoms with Gasteiger partial charge in [0, 0.05) is 30.1 Å². The number of halogens is 3. The van der Waals surface area contributed by atoms with E-state index in [0.717, 1.165) is 88.2 Å². The highest BCUT2D eigenvalue weighted by Crippen LogP contribution is 2.26. The smallest absolute Gasteiger partial charge is 0.406 e. The molecule has 0 aliphatic rings.